The molecule has 4 aromatic rings. The molecule has 0 saturated heterocycles. The summed E-state index contributed by atoms with van der Waals surface area (Å²) in [6, 6.07) is 20.6. The van der Waals surface area contributed by atoms with Gasteiger partial charge in [0.1, 0.15) is 11.6 Å². The normalized spacial score (nSPS) is 10.7. The van der Waals surface area contributed by atoms with Crippen molar-refractivity contribution in [1.29, 1.82) is 0 Å². The minimum atomic E-state index is 0.416. The lowest BCUT2D eigenvalue weighted by molar-refractivity contribution is 0.415. The first-order valence-electron chi connectivity index (χ1n) is 8.52. The monoisotopic (exact) mass is 410 g/mol. The molecule has 4 rings (SSSR count). The molecule has 5 nitrogen and oxygen atoms in total. The molecule has 1 aromatic heterocycles. The molecule has 140 valence electrons. The van der Waals surface area contributed by atoms with E-state index in [4.69, 9.17) is 27.9 Å². The van der Waals surface area contributed by atoms with E-state index in [9.17, 15) is 0 Å². The van der Waals surface area contributed by atoms with Gasteiger partial charge in [0.15, 0.2) is 0 Å². The highest BCUT2D eigenvalue weighted by Gasteiger charge is 2.10. The lowest BCUT2D eigenvalue weighted by atomic mass is 10.2. The van der Waals surface area contributed by atoms with Crippen LogP contribution < -0.4 is 15.4 Å². The van der Waals surface area contributed by atoms with Crippen molar-refractivity contribution in [1.82, 2.24) is 9.97 Å². The molecular formula is C21H16Cl2N4O. The molecule has 0 unspecified atom stereocenters. The van der Waals surface area contributed by atoms with Crippen molar-refractivity contribution in [2.45, 2.75) is 0 Å². The molecule has 1 heterocycles. The van der Waals surface area contributed by atoms with Gasteiger partial charge >= 0.3 is 0 Å². The van der Waals surface area contributed by atoms with Gasteiger partial charge in [-0.25, -0.2) is 4.98 Å². The van der Waals surface area contributed by atoms with Crippen LogP contribution in [-0.4, -0.2) is 17.1 Å². The molecule has 7 heteroatoms. The van der Waals surface area contributed by atoms with Gasteiger partial charge in [0.25, 0.3) is 0 Å². The fourth-order valence-corrected chi connectivity index (χ4v) is 3.09. The number of anilines is 4. The number of hydrogen-bond donors (Lipinski definition) is 2. The van der Waals surface area contributed by atoms with Gasteiger partial charge in [0.2, 0.25) is 5.95 Å². The molecule has 0 aliphatic heterocycles. The molecule has 3 aromatic carbocycles. The highest BCUT2D eigenvalue weighted by Crippen LogP contribution is 2.30. The van der Waals surface area contributed by atoms with Crippen LogP contribution in [-0.2, 0) is 0 Å². The summed E-state index contributed by atoms with van der Waals surface area (Å²) in [6.45, 7) is 0. The first-order valence-corrected chi connectivity index (χ1v) is 9.28. The summed E-state index contributed by atoms with van der Waals surface area (Å²) in [5.74, 6) is 1.88. The lowest BCUT2D eigenvalue weighted by Gasteiger charge is -2.13. The quantitative estimate of drug-likeness (QED) is 0.396. The summed E-state index contributed by atoms with van der Waals surface area (Å²) in [6.07, 6.45) is 0. The average Bonchev–Trinajstić information content (AvgIpc) is 2.71. The van der Waals surface area contributed by atoms with E-state index in [0.717, 1.165) is 22.3 Å². The van der Waals surface area contributed by atoms with E-state index in [1.165, 1.54) is 0 Å². The molecular weight excluding hydrogens is 395 g/mol. The minimum Gasteiger partial charge on any atom is -0.497 e. The zero-order valence-electron chi connectivity index (χ0n) is 14.9. The van der Waals surface area contributed by atoms with Crippen molar-refractivity contribution >= 4 is 57.2 Å². The Bertz CT molecular complexity index is 1130. The number of fused-ring (bicyclic) bond motifs is 1. The van der Waals surface area contributed by atoms with Crippen LogP contribution in [0.3, 0.4) is 0 Å². The predicted octanol–water partition coefficient (Wildman–Crippen LogP) is 6.43. The number of nitrogens with one attached hydrogen (secondary N) is 2. The number of nitrogens with zero attached hydrogens (tertiary/aromatic N) is 2. The number of methoxy groups -OCH3 is 1. The maximum absolute atomic E-state index is 6.26. The number of rotatable bonds is 5. The van der Waals surface area contributed by atoms with Gasteiger partial charge in [-0.05, 0) is 54.6 Å². The zero-order chi connectivity index (χ0) is 19.5. The van der Waals surface area contributed by atoms with Crippen LogP contribution in [0.15, 0.2) is 66.7 Å². The van der Waals surface area contributed by atoms with E-state index in [1.54, 1.807) is 25.3 Å². The largest absolute Gasteiger partial charge is 0.497 e. The Kier molecular flexibility index (Phi) is 5.19. The van der Waals surface area contributed by atoms with Crippen molar-refractivity contribution in [3.8, 4) is 5.75 Å². The lowest BCUT2D eigenvalue weighted by Crippen LogP contribution is -2.02. The zero-order valence-corrected chi connectivity index (χ0v) is 16.4. The number of halogens is 2. The Morgan fingerprint density at radius 1 is 0.857 bits per heavy atom. The Balaban J connectivity index is 1.73. The number of benzene rings is 3. The van der Waals surface area contributed by atoms with Crippen molar-refractivity contribution in [3.63, 3.8) is 0 Å². The van der Waals surface area contributed by atoms with Gasteiger partial charge in [-0.15, -0.1) is 0 Å². The smallest absolute Gasteiger partial charge is 0.229 e. The van der Waals surface area contributed by atoms with E-state index >= 15 is 0 Å². The van der Waals surface area contributed by atoms with E-state index in [0.29, 0.717) is 27.5 Å². The summed E-state index contributed by atoms with van der Waals surface area (Å²) < 4.78 is 5.21. The van der Waals surface area contributed by atoms with Gasteiger partial charge in [-0.1, -0.05) is 35.3 Å². The van der Waals surface area contributed by atoms with E-state index < -0.39 is 0 Å². The van der Waals surface area contributed by atoms with Gasteiger partial charge < -0.3 is 15.4 Å². The van der Waals surface area contributed by atoms with Crippen LogP contribution in [0.25, 0.3) is 10.9 Å². The third kappa shape index (κ3) is 3.96. The molecule has 0 spiro atoms. The van der Waals surface area contributed by atoms with Crippen LogP contribution in [0.4, 0.5) is 23.1 Å². The number of para-hydroxylation sites is 1. The summed E-state index contributed by atoms with van der Waals surface area (Å²) in [7, 11) is 1.64. The standard InChI is InChI=1S/C21H16Cl2N4O/c1-28-15-9-7-14(8-10-15)24-20-16-4-2-3-5-18(16)25-21(27-20)26-19-12-13(22)6-11-17(19)23/h2-12H,1H3,(H2,24,25,26,27). The van der Waals surface area contributed by atoms with E-state index in [2.05, 4.69) is 20.6 Å². The third-order valence-electron chi connectivity index (χ3n) is 4.13. The fraction of sp³-hybridized carbons (Fsp3) is 0.0476. The van der Waals surface area contributed by atoms with Gasteiger partial charge in [0.05, 0.1) is 23.3 Å². The Morgan fingerprint density at radius 2 is 1.64 bits per heavy atom. The highest BCUT2D eigenvalue weighted by atomic mass is 35.5. The summed E-state index contributed by atoms with van der Waals surface area (Å²) in [4.78, 5) is 9.23. The first-order chi connectivity index (χ1) is 13.6. The topological polar surface area (TPSA) is 59.1 Å². The van der Waals surface area contributed by atoms with Crippen molar-refractivity contribution in [2.24, 2.45) is 0 Å². The van der Waals surface area contributed by atoms with Gasteiger partial charge in [-0.2, -0.15) is 4.98 Å². The molecule has 28 heavy (non-hydrogen) atoms. The molecule has 0 bridgehead atoms. The fourth-order valence-electron chi connectivity index (χ4n) is 2.75. The van der Waals surface area contributed by atoms with Crippen molar-refractivity contribution < 1.29 is 4.74 Å². The Morgan fingerprint density at radius 3 is 2.43 bits per heavy atom. The average molecular weight is 411 g/mol. The maximum Gasteiger partial charge on any atom is 0.229 e. The second-order valence-corrected chi connectivity index (χ2v) is 6.86. The van der Waals surface area contributed by atoms with Gasteiger partial charge in [0, 0.05) is 16.1 Å². The molecule has 0 radical (unpaired) electrons. The molecule has 0 atom stereocenters. The van der Waals surface area contributed by atoms with E-state index in [1.807, 2.05) is 48.5 Å². The Hall–Kier alpha value is -3.02. The van der Waals surface area contributed by atoms with Crippen LogP contribution in [0.5, 0.6) is 5.75 Å². The van der Waals surface area contributed by atoms with Crippen LogP contribution in [0.1, 0.15) is 0 Å². The third-order valence-corrected chi connectivity index (χ3v) is 4.70. The maximum atomic E-state index is 6.26. The SMILES string of the molecule is COc1ccc(Nc2nc(Nc3cc(Cl)ccc3Cl)nc3ccccc23)cc1. The Labute approximate surface area is 172 Å². The van der Waals surface area contributed by atoms with E-state index in [-0.39, 0.29) is 0 Å². The summed E-state index contributed by atoms with van der Waals surface area (Å²) in [5.41, 5.74) is 2.32. The molecule has 2 N–H and O–H groups in total. The van der Waals surface area contributed by atoms with Crippen LogP contribution >= 0.6 is 23.2 Å². The molecule has 0 aliphatic rings. The predicted molar refractivity (Wildman–Crippen MR) is 116 cm³/mol. The highest BCUT2D eigenvalue weighted by molar-refractivity contribution is 6.35. The summed E-state index contributed by atoms with van der Waals surface area (Å²) in [5, 5.41) is 8.51. The van der Waals surface area contributed by atoms with Crippen LogP contribution in [0, 0.1) is 0 Å². The van der Waals surface area contributed by atoms with Crippen molar-refractivity contribution in [2.75, 3.05) is 17.7 Å². The minimum absolute atomic E-state index is 0.416. The number of hydrogen-bond acceptors (Lipinski definition) is 5. The second-order valence-electron chi connectivity index (χ2n) is 6.02. The van der Waals surface area contributed by atoms with Crippen molar-refractivity contribution in [3.05, 3.63) is 76.8 Å². The number of aromatic nitrogens is 2. The second kappa shape index (κ2) is 7.92. The molecule has 0 saturated carbocycles. The summed E-state index contributed by atoms with van der Waals surface area (Å²) >= 11 is 12.3. The first kappa shape index (κ1) is 18.3. The van der Waals surface area contributed by atoms with Gasteiger partial charge in [-0.3, -0.25) is 0 Å². The molecule has 0 fully saturated rings. The van der Waals surface area contributed by atoms with Crippen LogP contribution in [0.2, 0.25) is 10.0 Å². The molecule has 0 aliphatic carbocycles. The molecule has 0 amide bonds. The number of ether oxygens (including phenoxy) is 1.